The number of aliphatic hydroxyl groups is 1. The summed E-state index contributed by atoms with van der Waals surface area (Å²) in [5.74, 6) is -0.364. The van der Waals surface area contributed by atoms with Crippen molar-refractivity contribution in [1.29, 1.82) is 5.26 Å². The van der Waals surface area contributed by atoms with Gasteiger partial charge in [-0.05, 0) is 23.8 Å². The Morgan fingerprint density at radius 2 is 2.15 bits per heavy atom. The molecule has 6 heteroatoms. The van der Waals surface area contributed by atoms with Crippen molar-refractivity contribution in [3.05, 3.63) is 58.4 Å². The summed E-state index contributed by atoms with van der Waals surface area (Å²) in [4.78, 5) is 14.7. The van der Waals surface area contributed by atoms with Crippen molar-refractivity contribution in [1.82, 2.24) is 10.3 Å². The number of nitrogens with zero attached hydrogens (tertiary/aromatic N) is 1. The Morgan fingerprint density at radius 1 is 1.45 bits per heavy atom. The van der Waals surface area contributed by atoms with Crippen molar-refractivity contribution < 1.29 is 9.90 Å². The second kappa shape index (κ2) is 6.24. The summed E-state index contributed by atoms with van der Waals surface area (Å²) in [6.45, 7) is -0.233. The van der Waals surface area contributed by atoms with Gasteiger partial charge in [0.15, 0.2) is 0 Å². The third-order valence-electron chi connectivity index (χ3n) is 2.83. The van der Waals surface area contributed by atoms with E-state index in [9.17, 15) is 9.90 Å². The molecule has 3 N–H and O–H groups in total. The molecule has 2 rings (SSSR count). The number of aromatic nitrogens is 1. The highest BCUT2D eigenvalue weighted by Gasteiger charge is 2.16. The molecule has 0 radical (unpaired) electrons. The summed E-state index contributed by atoms with van der Waals surface area (Å²) < 4.78 is 0. The summed E-state index contributed by atoms with van der Waals surface area (Å²) in [6, 6.07) is 9.69. The Labute approximate surface area is 120 Å². The Kier molecular flexibility index (Phi) is 4.41. The zero-order valence-corrected chi connectivity index (χ0v) is 11.2. The molecule has 1 amide bonds. The second-order valence-corrected chi connectivity index (χ2v) is 4.61. The molecule has 0 saturated carbocycles. The number of nitriles is 1. The lowest BCUT2D eigenvalue weighted by atomic mass is 10.1. The van der Waals surface area contributed by atoms with Gasteiger partial charge in [-0.25, -0.2) is 0 Å². The van der Waals surface area contributed by atoms with E-state index in [1.165, 1.54) is 12.3 Å². The summed E-state index contributed by atoms with van der Waals surface area (Å²) in [5, 5.41) is 21.4. The van der Waals surface area contributed by atoms with Crippen LogP contribution in [0.3, 0.4) is 0 Å². The number of rotatable bonds is 4. The number of hydrogen-bond donors (Lipinski definition) is 3. The van der Waals surface area contributed by atoms with E-state index in [2.05, 4.69) is 10.3 Å². The van der Waals surface area contributed by atoms with Crippen LogP contribution in [0.4, 0.5) is 0 Å². The maximum absolute atomic E-state index is 12.0. The fraction of sp³-hybridized carbons (Fsp3) is 0.143. The fourth-order valence-electron chi connectivity index (χ4n) is 1.76. The number of amides is 1. The monoisotopic (exact) mass is 289 g/mol. The van der Waals surface area contributed by atoms with Crippen molar-refractivity contribution >= 4 is 17.5 Å². The predicted molar refractivity (Wildman–Crippen MR) is 74.3 cm³/mol. The number of hydrogen-bond acceptors (Lipinski definition) is 3. The van der Waals surface area contributed by atoms with Gasteiger partial charge in [0.25, 0.3) is 5.91 Å². The van der Waals surface area contributed by atoms with Crippen molar-refractivity contribution in [2.45, 2.75) is 6.04 Å². The van der Waals surface area contributed by atoms with Gasteiger partial charge in [0.2, 0.25) is 0 Å². The minimum atomic E-state index is -0.528. The molecular formula is C14H12ClN3O2. The highest BCUT2D eigenvalue weighted by atomic mass is 35.5. The molecule has 102 valence electrons. The lowest BCUT2D eigenvalue weighted by Crippen LogP contribution is -2.30. The third kappa shape index (κ3) is 3.18. The van der Waals surface area contributed by atoms with Crippen LogP contribution in [0.25, 0.3) is 0 Å². The second-order valence-electron chi connectivity index (χ2n) is 4.17. The zero-order valence-electron chi connectivity index (χ0n) is 10.4. The van der Waals surface area contributed by atoms with E-state index in [1.54, 1.807) is 24.3 Å². The largest absolute Gasteiger partial charge is 0.394 e. The molecule has 0 aliphatic rings. The topological polar surface area (TPSA) is 88.9 Å². The van der Waals surface area contributed by atoms with E-state index < -0.39 is 6.04 Å². The number of nitrogens with one attached hydrogen (secondary N) is 2. The van der Waals surface area contributed by atoms with Gasteiger partial charge in [0, 0.05) is 11.2 Å². The number of H-pyrrole nitrogens is 1. The van der Waals surface area contributed by atoms with Crippen LogP contribution in [0.2, 0.25) is 5.02 Å². The van der Waals surface area contributed by atoms with Crippen molar-refractivity contribution in [2.75, 3.05) is 6.61 Å². The highest BCUT2D eigenvalue weighted by molar-refractivity contribution is 6.30. The maximum Gasteiger partial charge on any atom is 0.253 e. The average Bonchev–Trinajstić information content (AvgIpc) is 2.94. The van der Waals surface area contributed by atoms with Crippen LogP contribution in [-0.2, 0) is 0 Å². The van der Waals surface area contributed by atoms with Crippen molar-refractivity contribution in [3.8, 4) is 6.07 Å². The first-order valence-electron chi connectivity index (χ1n) is 5.89. The van der Waals surface area contributed by atoms with Crippen molar-refractivity contribution in [2.24, 2.45) is 0 Å². The van der Waals surface area contributed by atoms with E-state index in [0.29, 0.717) is 16.3 Å². The van der Waals surface area contributed by atoms with Crippen molar-refractivity contribution in [3.63, 3.8) is 0 Å². The van der Waals surface area contributed by atoms with E-state index >= 15 is 0 Å². The summed E-state index contributed by atoms with van der Waals surface area (Å²) in [7, 11) is 0. The molecule has 0 spiro atoms. The molecule has 20 heavy (non-hydrogen) atoms. The molecule has 0 aliphatic carbocycles. The van der Waals surface area contributed by atoms with Crippen LogP contribution < -0.4 is 5.32 Å². The molecule has 1 atom stereocenters. The van der Waals surface area contributed by atoms with Crippen LogP contribution in [0, 0.1) is 11.3 Å². The first-order valence-corrected chi connectivity index (χ1v) is 6.27. The van der Waals surface area contributed by atoms with Gasteiger partial charge in [-0.2, -0.15) is 5.26 Å². The molecule has 0 bridgehead atoms. The quantitative estimate of drug-likeness (QED) is 0.804. The van der Waals surface area contributed by atoms with Gasteiger partial charge in [0.05, 0.1) is 18.2 Å². The molecule has 0 saturated heterocycles. The van der Waals surface area contributed by atoms with Gasteiger partial charge in [0.1, 0.15) is 11.8 Å². The van der Waals surface area contributed by atoms with E-state index in [1.807, 2.05) is 6.07 Å². The first-order chi connectivity index (χ1) is 9.63. The molecule has 1 unspecified atom stereocenters. The molecule has 2 aromatic rings. The van der Waals surface area contributed by atoms with Gasteiger partial charge >= 0.3 is 0 Å². The van der Waals surface area contributed by atoms with Crippen LogP contribution in [0.15, 0.2) is 36.5 Å². The summed E-state index contributed by atoms with van der Waals surface area (Å²) in [6.07, 6.45) is 1.45. The number of halogens is 1. The van der Waals surface area contributed by atoms with E-state index in [0.717, 1.165) is 5.56 Å². The minimum absolute atomic E-state index is 0.233. The minimum Gasteiger partial charge on any atom is -0.394 e. The number of carbonyl (C=O) groups is 1. The van der Waals surface area contributed by atoms with Gasteiger partial charge < -0.3 is 15.4 Å². The Bertz CT molecular complexity index is 643. The normalized spacial score (nSPS) is 11.7. The van der Waals surface area contributed by atoms with Gasteiger partial charge in [-0.15, -0.1) is 0 Å². The fourth-order valence-corrected chi connectivity index (χ4v) is 1.89. The lowest BCUT2D eigenvalue weighted by Gasteiger charge is -2.16. The molecule has 1 heterocycles. The standard InChI is InChI=1S/C14H12ClN3O2/c15-11-3-1-9(2-4-11)13(8-19)18-14(20)10-5-12(6-16)17-7-10/h1-5,7,13,17,19H,8H2,(H,18,20). The van der Waals surface area contributed by atoms with E-state index in [4.69, 9.17) is 16.9 Å². The molecule has 1 aromatic carbocycles. The van der Waals surface area contributed by atoms with Crippen LogP contribution in [0.1, 0.15) is 27.7 Å². The predicted octanol–water partition coefficient (Wildman–Crippen LogP) is 2.00. The zero-order chi connectivity index (χ0) is 14.5. The summed E-state index contributed by atoms with van der Waals surface area (Å²) in [5.41, 5.74) is 1.40. The Balaban J connectivity index is 2.12. The van der Waals surface area contributed by atoms with E-state index in [-0.39, 0.29) is 12.5 Å². The number of carbonyl (C=O) groups excluding carboxylic acids is 1. The molecule has 5 nitrogen and oxygen atoms in total. The Hall–Kier alpha value is -2.29. The van der Waals surface area contributed by atoms with Crippen LogP contribution >= 0.6 is 11.6 Å². The number of aromatic amines is 1. The van der Waals surface area contributed by atoms with Gasteiger partial charge in [-0.1, -0.05) is 23.7 Å². The number of benzene rings is 1. The molecule has 0 aliphatic heterocycles. The van der Waals surface area contributed by atoms with Gasteiger partial charge in [-0.3, -0.25) is 4.79 Å². The third-order valence-corrected chi connectivity index (χ3v) is 3.08. The summed E-state index contributed by atoms with van der Waals surface area (Å²) >= 11 is 5.80. The SMILES string of the molecule is N#Cc1cc(C(=O)NC(CO)c2ccc(Cl)cc2)c[nH]1. The average molecular weight is 290 g/mol. The first kappa shape index (κ1) is 14.1. The van der Waals surface area contributed by atoms with Crippen LogP contribution in [0.5, 0.6) is 0 Å². The molecule has 0 fully saturated rings. The smallest absolute Gasteiger partial charge is 0.253 e. The van der Waals surface area contributed by atoms with Crippen LogP contribution in [-0.4, -0.2) is 22.6 Å². The highest BCUT2D eigenvalue weighted by Crippen LogP contribution is 2.17. The lowest BCUT2D eigenvalue weighted by molar-refractivity contribution is 0.0916. The Morgan fingerprint density at radius 3 is 2.70 bits per heavy atom. The maximum atomic E-state index is 12.0. The molecule has 1 aromatic heterocycles. The number of aliphatic hydroxyl groups excluding tert-OH is 1. The molecular weight excluding hydrogens is 278 g/mol.